The fourth-order valence-electron chi connectivity index (χ4n) is 3.47. The molecule has 1 aromatic heterocycles. The van der Waals surface area contributed by atoms with E-state index in [1.807, 2.05) is 11.6 Å². The number of aryl methyl sites for hydroxylation is 1. The summed E-state index contributed by atoms with van der Waals surface area (Å²) in [6, 6.07) is 12.9. The molecule has 1 atom stereocenters. The molecule has 2 aromatic carbocycles. The highest BCUT2D eigenvalue weighted by Gasteiger charge is 2.34. The maximum atomic E-state index is 12.8. The highest BCUT2D eigenvalue weighted by molar-refractivity contribution is 8.21. The van der Waals surface area contributed by atoms with Gasteiger partial charge in [0.05, 0.1) is 23.9 Å². The predicted octanol–water partition coefficient (Wildman–Crippen LogP) is 7.03. The zero-order valence-corrected chi connectivity index (χ0v) is 21.8. The molecule has 1 unspecified atom stereocenters. The van der Waals surface area contributed by atoms with Crippen molar-refractivity contribution in [3.8, 4) is 22.9 Å². The summed E-state index contributed by atoms with van der Waals surface area (Å²) in [6.45, 7) is 4.12. The molecule has 0 fully saturated rings. The van der Waals surface area contributed by atoms with E-state index in [1.54, 1.807) is 44.2 Å². The second-order valence-electron chi connectivity index (χ2n) is 8.74. The van der Waals surface area contributed by atoms with E-state index in [1.165, 1.54) is 16.8 Å². The average molecular weight is 567 g/mol. The van der Waals surface area contributed by atoms with Crippen LogP contribution in [-0.2, 0) is 22.4 Å². The third-order valence-corrected chi connectivity index (χ3v) is 7.23. The Morgan fingerprint density at radius 1 is 0.974 bits per heavy atom. The van der Waals surface area contributed by atoms with Gasteiger partial charge in [-0.05, 0) is 56.7 Å². The van der Waals surface area contributed by atoms with Gasteiger partial charge in [0.25, 0.3) is 0 Å². The monoisotopic (exact) mass is 566 g/mol. The standard InChI is InChI=1S/C24H28F6N4O3S/c1-5-34-21(37-19-11-9-17(10-12-19)24(28,29)30)14-20(32-34)16-7-6-8-18(13-16)22(2,3)33-38(35,36-4)31-15-23(25,26)27/h6-14,31,33,35H,5,15H2,1-4H3. The van der Waals surface area contributed by atoms with Gasteiger partial charge in [-0.15, -0.1) is 0 Å². The summed E-state index contributed by atoms with van der Waals surface area (Å²) in [5.74, 6) is 0.506. The number of hydrogen-bond acceptors (Lipinski definition) is 6. The molecule has 3 rings (SSSR count). The number of nitrogens with one attached hydrogen (secondary N) is 2. The summed E-state index contributed by atoms with van der Waals surface area (Å²) in [5, 5.41) is 4.51. The van der Waals surface area contributed by atoms with Crippen LogP contribution < -0.4 is 14.2 Å². The van der Waals surface area contributed by atoms with Gasteiger partial charge in [0, 0.05) is 18.2 Å². The van der Waals surface area contributed by atoms with E-state index in [0.717, 1.165) is 19.2 Å². The molecule has 0 amide bonds. The van der Waals surface area contributed by atoms with Crippen LogP contribution in [0.5, 0.6) is 11.6 Å². The summed E-state index contributed by atoms with van der Waals surface area (Å²) >= 11 is 0. The molecule has 38 heavy (non-hydrogen) atoms. The van der Waals surface area contributed by atoms with Gasteiger partial charge in [-0.25, -0.2) is 4.68 Å². The van der Waals surface area contributed by atoms with Crippen LogP contribution in [0.4, 0.5) is 26.3 Å². The van der Waals surface area contributed by atoms with Crippen molar-refractivity contribution in [3.63, 3.8) is 0 Å². The van der Waals surface area contributed by atoms with Gasteiger partial charge >= 0.3 is 12.4 Å². The molecule has 0 bridgehead atoms. The van der Waals surface area contributed by atoms with Crippen LogP contribution in [0, 0.1) is 0 Å². The van der Waals surface area contributed by atoms with E-state index in [-0.39, 0.29) is 5.75 Å². The summed E-state index contributed by atoms with van der Waals surface area (Å²) in [7, 11) is -2.39. The minimum atomic E-state index is -4.55. The fourth-order valence-corrected chi connectivity index (χ4v) is 4.91. The van der Waals surface area contributed by atoms with Gasteiger partial charge in [-0.3, -0.25) is 8.74 Å². The quantitative estimate of drug-likeness (QED) is 0.229. The molecule has 3 N–H and O–H groups in total. The number of hydrogen-bond donors (Lipinski definition) is 3. The van der Waals surface area contributed by atoms with Gasteiger partial charge in [-0.1, -0.05) is 29.2 Å². The Kier molecular flexibility index (Phi) is 8.73. The Morgan fingerprint density at radius 3 is 2.18 bits per heavy atom. The molecule has 3 aromatic rings. The molecule has 0 radical (unpaired) electrons. The van der Waals surface area contributed by atoms with Gasteiger partial charge in [0.15, 0.2) is 0 Å². The number of halogens is 6. The smallest absolute Gasteiger partial charge is 0.416 e. The maximum absolute atomic E-state index is 12.8. The lowest BCUT2D eigenvalue weighted by Gasteiger charge is -2.44. The number of ether oxygens (including phenoxy) is 1. The molecule has 0 aliphatic carbocycles. The van der Waals surface area contributed by atoms with Crippen molar-refractivity contribution in [2.45, 2.75) is 45.2 Å². The maximum Gasteiger partial charge on any atom is 0.416 e. The van der Waals surface area contributed by atoms with Crippen molar-refractivity contribution in [1.82, 2.24) is 19.2 Å². The summed E-state index contributed by atoms with van der Waals surface area (Å²) in [5.41, 5.74) is -0.0832. The Hall–Kier alpha value is -2.78. The fraction of sp³-hybridized carbons (Fsp3) is 0.375. The van der Waals surface area contributed by atoms with Crippen molar-refractivity contribution in [3.05, 3.63) is 65.7 Å². The molecule has 1 heterocycles. The minimum absolute atomic E-state index is 0.200. The normalized spacial score (nSPS) is 15.2. The Labute approximate surface area is 217 Å². The first-order valence-electron chi connectivity index (χ1n) is 11.3. The molecular formula is C24H28F6N4O3S. The van der Waals surface area contributed by atoms with Gasteiger partial charge in [0.2, 0.25) is 5.88 Å². The lowest BCUT2D eigenvalue weighted by Crippen LogP contribution is -2.46. The van der Waals surface area contributed by atoms with E-state index in [9.17, 15) is 30.9 Å². The van der Waals surface area contributed by atoms with Crippen molar-refractivity contribution in [2.24, 2.45) is 0 Å². The number of alkyl halides is 6. The van der Waals surface area contributed by atoms with E-state index in [2.05, 4.69) is 9.82 Å². The first-order chi connectivity index (χ1) is 17.5. The predicted molar refractivity (Wildman–Crippen MR) is 132 cm³/mol. The number of nitrogens with zero attached hydrogens (tertiary/aromatic N) is 2. The molecule has 210 valence electrons. The second kappa shape index (κ2) is 11.1. The molecule has 0 aliphatic heterocycles. The topological polar surface area (TPSA) is 80.6 Å². The minimum Gasteiger partial charge on any atom is -0.439 e. The Bertz CT molecular complexity index is 1230. The third-order valence-electron chi connectivity index (χ3n) is 5.43. The van der Waals surface area contributed by atoms with Crippen molar-refractivity contribution in [2.75, 3.05) is 13.7 Å². The zero-order valence-electron chi connectivity index (χ0n) is 20.9. The lowest BCUT2D eigenvalue weighted by atomic mass is 9.93. The molecule has 14 heteroatoms. The van der Waals surface area contributed by atoms with Crippen LogP contribution in [0.2, 0.25) is 0 Å². The SMILES string of the molecule is CCn1nc(-c2cccc(C(C)(C)NS(O)(NCC(F)(F)F)OC)c2)cc1Oc1ccc(C(F)(F)F)cc1. The van der Waals surface area contributed by atoms with E-state index in [4.69, 9.17) is 8.92 Å². The number of benzene rings is 2. The highest BCUT2D eigenvalue weighted by Crippen LogP contribution is 2.41. The van der Waals surface area contributed by atoms with Crippen LogP contribution >= 0.6 is 11.0 Å². The zero-order chi connectivity index (χ0) is 28.4. The van der Waals surface area contributed by atoms with Crippen LogP contribution in [0.25, 0.3) is 11.3 Å². The van der Waals surface area contributed by atoms with Crippen LogP contribution in [0.1, 0.15) is 31.9 Å². The number of rotatable bonds is 10. The molecule has 0 saturated carbocycles. The average Bonchev–Trinajstić information content (AvgIpc) is 3.25. The summed E-state index contributed by atoms with van der Waals surface area (Å²) < 4.78 is 104. The highest BCUT2D eigenvalue weighted by atomic mass is 32.3. The van der Waals surface area contributed by atoms with Crippen molar-refractivity contribution in [1.29, 1.82) is 0 Å². The first kappa shape index (κ1) is 29.8. The number of aromatic nitrogens is 2. The molecule has 0 aliphatic rings. The molecule has 7 nitrogen and oxygen atoms in total. The van der Waals surface area contributed by atoms with Gasteiger partial charge < -0.3 is 4.74 Å². The van der Waals surface area contributed by atoms with Crippen LogP contribution in [-0.4, -0.2) is 34.2 Å². The van der Waals surface area contributed by atoms with Gasteiger partial charge in [0.1, 0.15) is 12.3 Å². The Morgan fingerprint density at radius 2 is 1.63 bits per heavy atom. The van der Waals surface area contributed by atoms with Crippen LogP contribution in [0.15, 0.2) is 54.6 Å². The first-order valence-corrected chi connectivity index (χ1v) is 12.8. The van der Waals surface area contributed by atoms with E-state index >= 15 is 0 Å². The third kappa shape index (κ3) is 7.63. The molecule has 0 spiro atoms. The van der Waals surface area contributed by atoms with Crippen molar-refractivity contribution >= 4 is 11.0 Å². The van der Waals surface area contributed by atoms with Crippen LogP contribution in [0.3, 0.4) is 0 Å². The second-order valence-corrected chi connectivity index (χ2v) is 10.6. The van der Waals surface area contributed by atoms with Gasteiger partial charge in [-0.2, -0.15) is 40.9 Å². The summed E-state index contributed by atoms with van der Waals surface area (Å²) in [6.07, 6.45) is -9.01. The van der Waals surface area contributed by atoms with Crippen molar-refractivity contribution < 1.29 is 39.8 Å². The molecule has 0 saturated heterocycles. The molecular weight excluding hydrogens is 538 g/mol. The lowest BCUT2D eigenvalue weighted by molar-refractivity contribution is -0.137. The Balaban J connectivity index is 1.84. The van der Waals surface area contributed by atoms with E-state index in [0.29, 0.717) is 29.2 Å². The summed E-state index contributed by atoms with van der Waals surface area (Å²) in [4.78, 5) is 0. The largest absolute Gasteiger partial charge is 0.439 e. The van der Waals surface area contributed by atoms with E-state index < -0.39 is 41.0 Å².